The van der Waals surface area contributed by atoms with Crippen molar-refractivity contribution < 1.29 is 9.53 Å². The van der Waals surface area contributed by atoms with Gasteiger partial charge in [0, 0.05) is 13.1 Å². The topological polar surface area (TPSA) is 67.3 Å². The van der Waals surface area contributed by atoms with Gasteiger partial charge < -0.3 is 4.74 Å². The zero-order valence-electron chi connectivity index (χ0n) is 12.9. The van der Waals surface area contributed by atoms with Gasteiger partial charge in [0.05, 0.1) is 19.3 Å². The Labute approximate surface area is 139 Å². The maximum absolute atomic E-state index is 12.0. The molecule has 1 aromatic heterocycles. The number of hydrogen-bond acceptors (Lipinski definition) is 6. The van der Waals surface area contributed by atoms with Crippen molar-refractivity contribution in [3.63, 3.8) is 0 Å². The van der Waals surface area contributed by atoms with Crippen LogP contribution in [0, 0.1) is 0 Å². The standard InChI is InChI=1S/C16H20N4O2S/c21-15(18-16-19-17-12-23-16)11-20-8-9-22-14(10-20)7-6-13-4-2-1-3-5-13/h1-5,12,14H,6-11H2,(H,18,19,21)/t14-/m1/s1. The van der Waals surface area contributed by atoms with E-state index in [1.165, 1.54) is 16.9 Å². The predicted molar refractivity (Wildman–Crippen MR) is 89.5 cm³/mol. The van der Waals surface area contributed by atoms with Crippen molar-refractivity contribution >= 4 is 22.4 Å². The fraction of sp³-hybridized carbons (Fsp3) is 0.438. The highest BCUT2D eigenvalue weighted by Crippen LogP contribution is 2.13. The van der Waals surface area contributed by atoms with Crippen molar-refractivity contribution in [3.8, 4) is 0 Å². The normalized spacial score (nSPS) is 18.7. The molecule has 0 saturated carbocycles. The molecule has 0 unspecified atom stereocenters. The summed E-state index contributed by atoms with van der Waals surface area (Å²) in [5.74, 6) is -0.0505. The highest BCUT2D eigenvalue weighted by atomic mass is 32.1. The number of nitrogens with zero attached hydrogens (tertiary/aromatic N) is 3. The second-order valence-corrected chi connectivity index (χ2v) is 6.38. The molecule has 23 heavy (non-hydrogen) atoms. The zero-order valence-corrected chi connectivity index (χ0v) is 13.7. The number of aryl methyl sites for hydroxylation is 1. The van der Waals surface area contributed by atoms with Crippen LogP contribution >= 0.6 is 11.3 Å². The highest BCUT2D eigenvalue weighted by Gasteiger charge is 2.22. The summed E-state index contributed by atoms with van der Waals surface area (Å²) < 4.78 is 5.82. The second-order valence-electron chi connectivity index (χ2n) is 5.54. The minimum Gasteiger partial charge on any atom is -0.376 e. The van der Waals surface area contributed by atoms with Crippen molar-refractivity contribution in [3.05, 3.63) is 41.4 Å². The number of amides is 1. The SMILES string of the molecule is O=C(CN1CCO[C@H](CCc2ccccc2)C1)Nc1nncs1. The average molecular weight is 332 g/mol. The smallest absolute Gasteiger partial charge is 0.240 e. The van der Waals surface area contributed by atoms with Crippen LogP contribution in [-0.4, -0.2) is 53.3 Å². The van der Waals surface area contributed by atoms with E-state index >= 15 is 0 Å². The van der Waals surface area contributed by atoms with Gasteiger partial charge in [-0.05, 0) is 18.4 Å². The summed E-state index contributed by atoms with van der Waals surface area (Å²) in [5, 5.41) is 10.8. The molecule has 1 atom stereocenters. The van der Waals surface area contributed by atoms with Crippen molar-refractivity contribution in [1.82, 2.24) is 15.1 Å². The van der Waals surface area contributed by atoms with Crippen LogP contribution in [-0.2, 0) is 16.0 Å². The first-order valence-corrected chi connectivity index (χ1v) is 8.61. The summed E-state index contributed by atoms with van der Waals surface area (Å²) >= 11 is 1.32. The van der Waals surface area contributed by atoms with Crippen molar-refractivity contribution in [2.45, 2.75) is 18.9 Å². The molecule has 1 amide bonds. The van der Waals surface area contributed by atoms with Crippen LogP contribution in [0.4, 0.5) is 5.13 Å². The van der Waals surface area contributed by atoms with Gasteiger partial charge in [0.25, 0.3) is 0 Å². The maximum atomic E-state index is 12.0. The molecule has 1 aliphatic heterocycles. The molecule has 7 heteroatoms. The number of aromatic nitrogens is 2. The van der Waals surface area contributed by atoms with E-state index in [1.54, 1.807) is 5.51 Å². The lowest BCUT2D eigenvalue weighted by atomic mass is 10.1. The van der Waals surface area contributed by atoms with Crippen LogP contribution in [0.1, 0.15) is 12.0 Å². The first kappa shape index (κ1) is 16.0. The fourth-order valence-electron chi connectivity index (χ4n) is 2.66. The average Bonchev–Trinajstić information content (AvgIpc) is 3.07. The van der Waals surface area contributed by atoms with E-state index in [1.807, 2.05) is 6.07 Å². The molecule has 1 N–H and O–H groups in total. The predicted octanol–water partition coefficient (Wildman–Crippen LogP) is 1.81. The lowest BCUT2D eigenvalue weighted by Gasteiger charge is -2.32. The molecule has 2 heterocycles. The van der Waals surface area contributed by atoms with E-state index in [-0.39, 0.29) is 12.0 Å². The van der Waals surface area contributed by atoms with Crippen LogP contribution in [0.2, 0.25) is 0 Å². The van der Waals surface area contributed by atoms with Crippen molar-refractivity contribution in [2.24, 2.45) is 0 Å². The number of anilines is 1. The van der Waals surface area contributed by atoms with E-state index in [9.17, 15) is 4.79 Å². The summed E-state index contributed by atoms with van der Waals surface area (Å²) in [5.41, 5.74) is 2.92. The molecule has 6 nitrogen and oxygen atoms in total. The molecule has 1 aromatic carbocycles. The molecule has 122 valence electrons. The number of carbonyl (C=O) groups excluding carboxylic acids is 1. The maximum Gasteiger partial charge on any atom is 0.240 e. The fourth-order valence-corrected chi connectivity index (χ4v) is 3.12. The highest BCUT2D eigenvalue weighted by molar-refractivity contribution is 7.13. The van der Waals surface area contributed by atoms with E-state index in [0.29, 0.717) is 18.3 Å². The number of carbonyl (C=O) groups is 1. The van der Waals surface area contributed by atoms with E-state index < -0.39 is 0 Å². The van der Waals surface area contributed by atoms with Crippen LogP contribution in [0.3, 0.4) is 0 Å². The monoisotopic (exact) mass is 332 g/mol. The summed E-state index contributed by atoms with van der Waals surface area (Å²) in [6.07, 6.45) is 2.15. The third-order valence-corrected chi connectivity index (χ3v) is 4.40. The van der Waals surface area contributed by atoms with Gasteiger partial charge in [0.2, 0.25) is 11.0 Å². The summed E-state index contributed by atoms with van der Waals surface area (Å²) in [7, 11) is 0. The number of morpholine rings is 1. The van der Waals surface area contributed by atoms with E-state index in [4.69, 9.17) is 4.74 Å². The number of ether oxygens (including phenoxy) is 1. The van der Waals surface area contributed by atoms with Crippen LogP contribution in [0.25, 0.3) is 0 Å². The van der Waals surface area contributed by atoms with Gasteiger partial charge in [-0.3, -0.25) is 15.0 Å². The van der Waals surface area contributed by atoms with E-state index in [2.05, 4.69) is 44.7 Å². The van der Waals surface area contributed by atoms with Crippen LogP contribution in [0.5, 0.6) is 0 Å². The lowest BCUT2D eigenvalue weighted by molar-refractivity contribution is -0.119. The van der Waals surface area contributed by atoms with Gasteiger partial charge in [-0.25, -0.2) is 0 Å². The minimum atomic E-state index is -0.0505. The van der Waals surface area contributed by atoms with Gasteiger partial charge in [-0.15, -0.1) is 10.2 Å². The van der Waals surface area contributed by atoms with Gasteiger partial charge >= 0.3 is 0 Å². The first-order valence-electron chi connectivity index (χ1n) is 7.73. The number of hydrogen-bond donors (Lipinski definition) is 1. The van der Waals surface area contributed by atoms with Gasteiger partial charge in [0.15, 0.2) is 0 Å². The van der Waals surface area contributed by atoms with Gasteiger partial charge in [0.1, 0.15) is 5.51 Å². The lowest BCUT2D eigenvalue weighted by Crippen LogP contribution is -2.45. The Bertz CT molecular complexity index is 606. The van der Waals surface area contributed by atoms with Crippen molar-refractivity contribution in [2.75, 3.05) is 31.6 Å². The number of nitrogens with one attached hydrogen (secondary N) is 1. The molecule has 3 rings (SSSR count). The Morgan fingerprint density at radius 3 is 3.04 bits per heavy atom. The summed E-state index contributed by atoms with van der Waals surface area (Å²) in [4.78, 5) is 14.1. The molecule has 0 radical (unpaired) electrons. The molecule has 1 fully saturated rings. The van der Waals surface area contributed by atoms with Crippen LogP contribution < -0.4 is 5.32 Å². The molecule has 2 aromatic rings. The quantitative estimate of drug-likeness (QED) is 0.874. The number of rotatable bonds is 6. The Kier molecular flexibility index (Phi) is 5.68. The third kappa shape index (κ3) is 5.09. The second kappa shape index (κ2) is 8.14. The van der Waals surface area contributed by atoms with E-state index in [0.717, 1.165) is 25.9 Å². The Hall–Kier alpha value is -1.83. The largest absolute Gasteiger partial charge is 0.376 e. The number of benzene rings is 1. The molecule has 0 spiro atoms. The Morgan fingerprint density at radius 2 is 2.26 bits per heavy atom. The van der Waals surface area contributed by atoms with Gasteiger partial charge in [-0.1, -0.05) is 41.7 Å². The molecular formula is C16H20N4O2S. The molecule has 0 aliphatic carbocycles. The summed E-state index contributed by atoms with van der Waals surface area (Å²) in [6, 6.07) is 10.4. The van der Waals surface area contributed by atoms with Crippen molar-refractivity contribution in [1.29, 1.82) is 0 Å². The molecular weight excluding hydrogens is 312 g/mol. The van der Waals surface area contributed by atoms with Crippen LogP contribution in [0.15, 0.2) is 35.8 Å². The molecule has 0 bridgehead atoms. The first-order chi connectivity index (χ1) is 11.3. The minimum absolute atomic E-state index is 0.0505. The Morgan fingerprint density at radius 1 is 1.39 bits per heavy atom. The zero-order chi connectivity index (χ0) is 15.9. The third-order valence-electron chi connectivity index (χ3n) is 3.79. The van der Waals surface area contributed by atoms with Gasteiger partial charge in [-0.2, -0.15) is 0 Å². The molecule has 1 aliphatic rings. The summed E-state index contributed by atoms with van der Waals surface area (Å²) in [6.45, 7) is 2.61. The molecule has 1 saturated heterocycles. The Balaban J connectivity index is 1.43.